The maximum Gasteiger partial charge on any atom is 0.227 e. The molecule has 4 heteroatoms. The molecule has 2 atom stereocenters. The molecule has 1 fully saturated rings. The van der Waals surface area contributed by atoms with E-state index in [1.807, 2.05) is 36.4 Å². The summed E-state index contributed by atoms with van der Waals surface area (Å²) in [6.45, 7) is 2.56. The zero-order valence-electron chi connectivity index (χ0n) is 12.0. The topological polar surface area (TPSA) is 51.2 Å². The predicted octanol–water partition coefficient (Wildman–Crippen LogP) is 3.26. The van der Waals surface area contributed by atoms with E-state index in [9.17, 15) is 4.79 Å². The predicted molar refractivity (Wildman–Crippen MR) is 80.9 cm³/mol. The van der Waals surface area contributed by atoms with Gasteiger partial charge in [-0.15, -0.1) is 0 Å². The summed E-state index contributed by atoms with van der Waals surface area (Å²) >= 11 is 0. The van der Waals surface area contributed by atoms with Gasteiger partial charge in [0.15, 0.2) is 0 Å². The number of nitrogens with one attached hydrogen (secondary N) is 1. The van der Waals surface area contributed by atoms with Gasteiger partial charge in [-0.1, -0.05) is 19.1 Å². The Labute approximate surface area is 124 Å². The monoisotopic (exact) mass is 282 g/mol. The minimum Gasteiger partial charge on any atom is -0.489 e. The number of hydrogen-bond donors (Lipinski definition) is 1. The largest absolute Gasteiger partial charge is 0.489 e. The lowest BCUT2D eigenvalue weighted by Gasteiger charge is -2.09. The van der Waals surface area contributed by atoms with E-state index in [1.54, 1.807) is 12.4 Å². The Morgan fingerprint density at radius 3 is 2.95 bits per heavy atom. The number of amides is 1. The van der Waals surface area contributed by atoms with E-state index in [2.05, 4.69) is 17.2 Å². The van der Waals surface area contributed by atoms with E-state index in [4.69, 9.17) is 4.74 Å². The Morgan fingerprint density at radius 2 is 2.24 bits per heavy atom. The van der Waals surface area contributed by atoms with Crippen molar-refractivity contribution in [2.24, 2.45) is 11.8 Å². The molecular weight excluding hydrogens is 264 g/mol. The summed E-state index contributed by atoms with van der Waals surface area (Å²) in [5, 5.41) is 2.94. The lowest BCUT2D eigenvalue weighted by atomic mass is 10.2. The van der Waals surface area contributed by atoms with Crippen LogP contribution in [0.25, 0.3) is 0 Å². The summed E-state index contributed by atoms with van der Waals surface area (Å²) in [5.74, 6) is 1.52. The molecule has 21 heavy (non-hydrogen) atoms. The second-order valence-electron chi connectivity index (χ2n) is 5.49. The molecule has 1 N–H and O–H groups in total. The number of benzene rings is 1. The van der Waals surface area contributed by atoms with Crippen molar-refractivity contribution in [2.75, 3.05) is 5.32 Å². The Hall–Kier alpha value is -2.36. The zero-order valence-corrected chi connectivity index (χ0v) is 12.0. The molecule has 1 aliphatic rings. The number of rotatable bonds is 5. The summed E-state index contributed by atoms with van der Waals surface area (Å²) in [6, 6.07) is 11.3. The van der Waals surface area contributed by atoms with Gasteiger partial charge in [0.25, 0.3) is 0 Å². The highest BCUT2D eigenvalue weighted by Gasteiger charge is 2.39. The third-order valence-corrected chi connectivity index (χ3v) is 3.68. The summed E-state index contributed by atoms with van der Waals surface area (Å²) in [5.41, 5.74) is 1.79. The molecule has 2 unspecified atom stereocenters. The van der Waals surface area contributed by atoms with Gasteiger partial charge in [-0.05, 0) is 30.5 Å². The van der Waals surface area contributed by atoms with Crippen LogP contribution in [0.15, 0.2) is 48.8 Å². The fraction of sp³-hybridized carbons (Fsp3) is 0.294. The van der Waals surface area contributed by atoms with E-state index in [-0.39, 0.29) is 11.8 Å². The molecule has 0 aliphatic heterocycles. The first kappa shape index (κ1) is 13.6. The van der Waals surface area contributed by atoms with Crippen molar-refractivity contribution < 1.29 is 9.53 Å². The van der Waals surface area contributed by atoms with Gasteiger partial charge < -0.3 is 10.1 Å². The van der Waals surface area contributed by atoms with Crippen molar-refractivity contribution in [3.8, 4) is 5.75 Å². The van der Waals surface area contributed by atoms with E-state index in [0.717, 1.165) is 23.4 Å². The van der Waals surface area contributed by atoms with Crippen LogP contribution in [-0.2, 0) is 11.4 Å². The molecule has 2 aromatic rings. The van der Waals surface area contributed by atoms with Crippen molar-refractivity contribution in [3.05, 3.63) is 54.4 Å². The van der Waals surface area contributed by atoms with Gasteiger partial charge in [0.1, 0.15) is 12.4 Å². The van der Waals surface area contributed by atoms with Crippen LogP contribution in [0, 0.1) is 11.8 Å². The third-order valence-electron chi connectivity index (χ3n) is 3.68. The fourth-order valence-corrected chi connectivity index (χ4v) is 2.24. The summed E-state index contributed by atoms with van der Waals surface area (Å²) in [4.78, 5) is 16.0. The molecule has 0 radical (unpaired) electrons. The number of aromatic nitrogens is 1. The maximum absolute atomic E-state index is 11.9. The summed E-state index contributed by atoms with van der Waals surface area (Å²) < 4.78 is 5.72. The standard InChI is InChI=1S/C17H18N2O2/c1-12-8-16(12)17(20)19-14-5-2-6-15(9-14)21-11-13-4-3-7-18-10-13/h2-7,9-10,12,16H,8,11H2,1H3,(H,19,20). The molecule has 108 valence electrons. The van der Waals surface area contributed by atoms with Crippen LogP contribution in [0.5, 0.6) is 5.75 Å². The first-order valence-electron chi connectivity index (χ1n) is 7.15. The van der Waals surface area contributed by atoms with Crippen molar-refractivity contribution in [1.82, 2.24) is 4.98 Å². The van der Waals surface area contributed by atoms with Crippen LogP contribution >= 0.6 is 0 Å². The molecule has 1 saturated carbocycles. The molecule has 4 nitrogen and oxygen atoms in total. The molecule has 1 aliphatic carbocycles. The maximum atomic E-state index is 11.9. The van der Waals surface area contributed by atoms with Gasteiger partial charge in [0.2, 0.25) is 5.91 Å². The van der Waals surface area contributed by atoms with Gasteiger partial charge in [0, 0.05) is 35.6 Å². The quantitative estimate of drug-likeness (QED) is 0.915. The molecule has 0 spiro atoms. The number of nitrogens with zero attached hydrogens (tertiary/aromatic N) is 1. The van der Waals surface area contributed by atoms with E-state index >= 15 is 0 Å². The second kappa shape index (κ2) is 5.95. The van der Waals surface area contributed by atoms with Crippen molar-refractivity contribution in [2.45, 2.75) is 20.0 Å². The van der Waals surface area contributed by atoms with Gasteiger partial charge in [-0.3, -0.25) is 9.78 Å². The number of pyridine rings is 1. The van der Waals surface area contributed by atoms with Crippen LogP contribution < -0.4 is 10.1 Å². The van der Waals surface area contributed by atoms with Gasteiger partial charge in [-0.25, -0.2) is 0 Å². The lowest BCUT2D eigenvalue weighted by Crippen LogP contribution is -2.14. The number of carbonyl (C=O) groups is 1. The highest BCUT2D eigenvalue weighted by atomic mass is 16.5. The van der Waals surface area contributed by atoms with Crippen molar-refractivity contribution >= 4 is 11.6 Å². The number of ether oxygens (including phenoxy) is 1. The van der Waals surface area contributed by atoms with E-state index in [1.165, 1.54) is 0 Å². The summed E-state index contributed by atoms with van der Waals surface area (Å²) in [7, 11) is 0. The van der Waals surface area contributed by atoms with Crippen LogP contribution in [-0.4, -0.2) is 10.9 Å². The first-order valence-corrected chi connectivity index (χ1v) is 7.15. The molecule has 3 rings (SSSR count). The lowest BCUT2D eigenvalue weighted by molar-refractivity contribution is -0.117. The molecule has 0 bridgehead atoms. The molecule has 1 heterocycles. The van der Waals surface area contributed by atoms with Crippen LogP contribution in [0.1, 0.15) is 18.9 Å². The van der Waals surface area contributed by atoms with Crippen molar-refractivity contribution in [3.63, 3.8) is 0 Å². The molecule has 1 aromatic carbocycles. The number of anilines is 1. The minimum atomic E-state index is 0.104. The van der Waals surface area contributed by atoms with Crippen LogP contribution in [0.2, 0.25) is 0 Å². The SMILES string of the molecule is CC1CC1C(=O)Nc1cccc(OCc2cccnc2)c1. The Bertz CT molecular complexity index is 628. The Balaban J connectivity index is 1.59. The smallest absolute Gasteiger partial charge is 0.227 e. The second-order valence-corrected chi connectivity index (χ2v) is 5.49. The van der Waals surface area contributed by atoms with Crippen molar-refractivity contribution in [1.29, 1.82) is 0 Å². The third kappa shape index (κ3) is 3.60. The van der Waals surface area contributed by atoms with Gasteiger partial charge in [0.05, 0.1) is 0 Å². The van der Waals surface area contributed by atoms with Gasteiger partial charge in [-0.2, -0.15) is 0 Å². The van der Waals surface area contributed by atoms with E-state index < -0.39 is 0 Å². The Morgan fingerprint density at radius 1 is 1.38 bits per heavy atom. The van der Waals surface area contributed by atoms with E-state index in [0.29, 0.717) is 12.5 Å². The molecule has 0 saturated heterocycles. The normalized spacial score (nSPS) is 19.9. The highest BCUT2D eigenvalue weighted by Crippen LogP contribution is 2.38. The van der Waals surface area contributed by atoms with Crippen LogP contribution in [0.4, 0.5) is 5.69 Å². The van der Waals surface area contributed by atoms with Crippen LogP contribution in [0.3, 0.4) is 0 Å². The number of carbonyl (C=O) groups excluding carboxylic acids is 1. The first-order chi connectivity index (χ1) is 10.2. The average Bonchev–Trinajstić information content (AvgIpc) is 3.24. The van der Waals surface area contributed by atoms with Gasteiger partial charge >= 0.3 is 0 Å². The molecule has 1 amide bonds. The summed E-state index contributed by atoms with van der Waals surface area (Å²) in [6.07, 6.45) is 4.50. The molecule has 1 aromatic heterocycles. The highest BCUT2D eigenvalue weighted by molar-refractivity contribution is 5.94. The fourth-order valence-electron chi connectivity index (χ4n) is 2.24. The minimum absolute atomic E-state index is 0.104. The number of hydrogen-bond acceptors (Lipinski definition) is 3. The average molecular weight is 282 g/mol. The molecular formula is C17H18N2O2. The Kier molecular flexibility index (Phi) is 3.86. The zero-order chi connectivity index (χ0) is 14.7.